The fourth-order valence-corrected chi connectivity index (χ4v) is 1.93. The van der Waals surface area contributed by atoms with Crippen molar-refractivity contribution < 1.29 is 9.90 Å². The van der Waals surface area contributed by atoms with Crippen LogP contribution in [0.15, 0.2) is 42.9 Å². The third-order valence-corrected chi connectivity index (χ3v) is 2.92. The Balaban J connectivity index is 2.25. The van der Waals surface area contributed by atoms with Crippen LogP contribution in [0.4, 0.5) is 5.69 Å². The molecule has 0 aliphatic rings. The minimum absolute atomic E-state index is 0.0133. The Kier molecular flexibility index (Phi) is 4.83. The molecule has 0 saturated carbocycles. The number of carboxylic acid groups (broad SMARTS) is 1. The molecular weight excluding hydrogens is 268 g/mol. The number of anilines is 1. The van der Waals surface area contributed by atoms with E-state index in [9.17, 15) is 4.79 Å². The lowest BCUT2D eigenvalue weighted by Crippen LogP contribution is -2.24. The van der Waals surface area contributed by atoms with Gasteiger partial charge in [0.25, 0.3) is 0 Å². The number of aromatic carboxylic acids is 1. The Labute approximate surface area is 122 Å². The largest absolute Gasteiger partial charge is 0.477 e. The second-order valence-corrected chi connectivity index (χ2v) is 4.40. The molecule has 106 valence electrons. The van der Waals surface area contributed by atoms with Crippen LogP contribution in [0, 0.1) is 11.3 Å². The van der Waals surface area contributed by atoms with E-state index in [4.69, 9.17) is 10.4 Å². The van der Waals surface area contributed by atoms with Crippen molar-refractivity contribution in [1.82, 2.24) is 9.97 Å². The van der Waals surface area contributed by atoms with Crippen molar-refractivity contribution in [3.63, 3.8) is 0 Å². The maximum Gasteiger partial charge on any atom is 0.354 e. The highest BCUT2D eigenvalue weighted by molar-refractivity contribution is 5.86. The molecule has 21 heavy (non-hydrogen) atoms. The average molecular weight is 282 g/mol. The van der Waals surface area contributed by atoms with E-state index in [1.807, 2.05) is 17.0 Å². The van der Waals surface area contributed by atoms with Gasteiger partial charge < -0.3 is 10.0 Å². The monoisotopic (exact) mass is 282 g/mol. The van der Waals surface area contributed by atoms with Crippen molar-refractivity contribution in [2.45, 2.75) is 13.0 Å². The Bertz CT molecular complexity index is 652. The molecule has 0 radical (unpaired) electrons. The smallest absolute Gasteiger partial charge is 0.354 e. The van der Waals surface area contributed by atoms with E-state index < -0.39 is 5.97 Å². The van der Waals surface area contributed by atoms with Crippen LogP contribution in [-0.2, 0) is 6.54 Å². The van der Waals surface area contributed by atoms with Gasteiger partial charge in [0.05, 0.1) is 12.5 Å². The number of carboxylic acids is 1. The third kappa shape index (κ3) is 4.01. The van der Waals surface area contributed by atoms with E-state index >= 15 is 0 Å². The van der Waals surface area contributed by atoms with E-state index in [2.05, 4.69) is 16.0 Å². The summed E-state index contributed by atoms with van der Waals surface area (Å²) < 4.78 is 0. The van der Waals surface area contributed by atoms with Gasteiger partial charge in [0, 0.05) is 37.4 Å². The zero-order valence-electron chi connectivity index (χ0n) is 11.3. The van der Waals surface area contributed by atoms with E-state index in [0.717, 1.165) is 11.3 Å². The zero-order chi connectivity index (χ0) is 15.1. The Morgan fingerprint density at radius 2 is 2.24 bits per heavy atom. The maximum absolute atomic E-state index is 11.0. The molecule has 6 nitrogen and oxygen atoms in total. The van der Waals surface area contributed by atoms with E-state index in [0.29, 0.717) is 19.5 Å². The van der Waals surface area contributed by atoms with Crippen LogP contribution in [0.25, 0.3) is 0 Å². The highest BCUT2D eigenvalue weighted by atomic mass is 16.4. The first kappa shape index (κ1) is 14.5. The fraction of sp³-hybridized carbons (Fsp3) is 0.200. The number of aromatic nitrogens is 2. The molecule has 2 aromatic rings. The molecule has 2 aromatic heterocycles. The van der Waals surface area contributed by atoms with Gasteiger partial charge in [0.15, 0.2) is 0 Å². The number of hydrogen-bond acceptors (Lipinski definition) is 5. The number of pyridine rings is 2. The van der Waals surface area contributed by atoms with Crippen molar-refractivity contribution >= 4 is 11.7 Å². The summed E-state index contributed by atoms with van der Waals surface area (Å²) in [6.07, 6.45) is 5.25. The summed E-state index contributed by atoms with van der Waals surface area (Å²) in [5.74, 6) is -1.07. The standard InChI is InChI=1S/C15H14N4O2/c16-5-2-8-19(11-12-3-1-6-17-10-12)13-4-7-18-14(9-13)15(20)21/h1,3-4,6-7,9-10H,2,8,11H2,(H,20,21). The van der Waals surface area contributed by atoms with Gasteiger partial charge in [0.1, 0.15) is 5.69 Å². The molecule has 0 aliphatic carbocycles. The van der Waals surface area contributed by atoms with Gasteiger partial charge in [-0.15, -0.1) is 0 Å². The van der Waals surface area contributed by atoms with E-state index in [1.165, 1.54) is 12.3 Å². The molecule has 2 rings (SSSR count). The third-order valence-electron chi connectivity index (χ3n) is 2.92. The molecule has 2 heterocycles. The van der Waals surface area contributed by atoms with Crippen LogP contribution in [0.5, 0.6) is 0 Å². The molecule has 0 fully saturated rings. The minimum Gasteiger partial charge on any atom is -0.477 e. The van der Waals surface area contributed by atoms with E-state index in [1.54, 1.807) is 18.5 Å². The van der Waals surface area contributed by atoms with Crippen LogP contribution < -0.4 is 4.90 Å². The number of carbonyl (C=O) groups is 1. The molecule has 0 aliphatic heterocycles. The summed E-state index contributed by atoms with van der Waals surface area (Å²) in [6.45, 7) is 1.06. The van der Waals surface area contributed by atoms with Crippen molar-refractivity contribution in [1.29, 1.82) is 5.26 Å². The molecule has 0 atom stereocenters. The van der Waals surface area contributed by atoms with Gasteiger partial charge in [-0.1, -0.05) is 6.07 Å². The predicted octanol–water partition coefficient (Wildman–Crippen LogP) is 2.10. The molecule has 1 N–H and O–H groups in total. The summed E-state index contributed by atoms with van der Waals surface area (Å²) in [6, 6.07) is 9.12. The molecule has 0 amide bonds. The Morgan fingerprint density at radius 3 is 2.90 bits per heavy atom. The Hall–Kier alpha value is -2.94. The fourth-order valence-electron chi connectivity index (χ4n) is 1.93. The van der Waals surface area contributed by atoms with Gasteiger partial charge >= 0.3 is 5.97 Å². The SMILES string of the molecule is N#CCCN(Cc1cccnc1)c1ccnc(C(=O)O)c1. The summed E-state index contributed by atoms with van der Waals surface area (Å²) in [5, 5.41) is 17.8. The maximum atomic E-state index is 11.0. The van der Waals surface area contributed by atoms with Crippen molar-refractivity contribution in [3.05, 3.63) is 54.1 Å². The second-order valence-electron chi connectivity index (χ2n) is 4.40. The predicted molar refractivity (Wildman–Crippen MR) is 76.7 cm³/mol. The minimum atomic E-state index is -1.07. The highest BCUT2D eigenvalue weighted by Crippen LogP contribution is 2.18. The van der Waals surface area contributed by atoms with Crippen molar-refractivity contribution in [2.24, 2.45) is 0 Å². The lowest BCUT2D eigenvalue weighted by Gasteiger charge is -2.23. The van der Waals surface area contributed by atoms with Crippen LogP contribution in [0.1, 0.15) is 22.5 Å². The molecule has 0 saturated heterocycles. The zero-order valence-corrected chi connectivity index (χ0v) is 11.3. The second kappa shape index (κ2) is 7.01. The summed E-state index contributed by atoms with van der Waals surface area (Å²) in [7, 11) is 0. The normalized spacial score (nSPS) is 9.86. The van der Waals surface area contributed by atoms with Crippen LogP contribution in [0.3, 0.4) is 0 Å². The summed E-state index contributed by atoms with van der Waals surface area (Å²) in [5.41, 5.74) is 1.70. The van der Waals surface area contributed by atoms with Crippen LogP contribution in [0.2, 0.25) is 0 Å². The van der Waals surface area contributed by atoms with Gasteiger partial charge in [-0.3, -0.25) is 4.98 Å². The summed E-state index contributed by atoms with van der Waals surface area (Å²) >= 11 is 0. The van der Waals surface area contributed by atoms with Crippen molar-refractivity contribution in [3.8, 4) is 6.07 Å². The number of nitrogens with zero attached hydrogens (tertiary/aromatic N) is 4. The molecule has 0 spiro atoms. The first-order valence-corrected chi connectivity index (χ1v) is 6.41. The molecule has 0 unspecified atom stereocenters. The summed E-state index contributed by atoms with van der Waals surface area (Å²) in [4.78, 5) is 20.8. The highest BCUT2D eigenvalue weighted by Gasteiger charge is 2.11. The molecular formula is C15H14N4O2. The molecule has 6 heteroatoms. The van der Waals surface area contributed by atoms with Crippen molar-refractivity contribution in [2.75, 3.05) is 11.4 Å². The van der Waals surface area contributed by atoms with Crippen LogP contribution in [-0.4, -0.2) is 27.6 Å². The average Bonchev–Trinajstić information content (AvgIpc) is 2.52. The first-order valence-electron chi connectivity index (χ1n) is 6.41. The molecule has 0 bridgehead atoms. The van der Waals surface area contributed by atoms with E-state index in [-0.39, 0.29) is 5.69 Å². The van der Waals surface area contributed by atoms with Crippen LogP contribution >= 0.6 is 0 Å². The lowest BCUT2D eigenvalue weighted by atomic mass is 10.2. The quantitative estimate of drug-likeness (QED) is 0.872. The first-order chi connectivity index (χ1) is 10.2. The van der Waals surface area contributed by atoms with Gasteiger partial charge in [-0.2, -0.15) is 5.26 Å². The number of hydrogen-bond donors (Lipinski definition) is 1. The number of rotatable bonds is 6. The Morgan fingerprint density at radius 1 is 1.38 bits per heavy atom. The van der Waals surface area contributed by atoms with Gasteiger partial charge in [-0.05, 0) is 23.8 Å². The lowest BCUT2D eigenvalue weighted by molar-refractivity contribution is 0.0690. The van der Waals surface area contributed by atoms with Gasteiger partial charge in [0.2, 0.25) is 0 Å². The number of nitriles is 1. The van der Waals surface area contributed by atoms with Gasteiger partial charge in [-0.25, -0.2) is 9.78 Å². The molecule has 0 aromatic carbocycles. The topological polar surface area (TPSA) is 90.1 Å².